The fourth-order valence-corrected chi connectivity index (χ4v) is 2.67. The van der Waals surface area contributed by atoms with Gasteiger partial charge in [0.2, 0.25) is 0 Å². The molecule has 0 aliphatic carbocycles. The second kappa shape index (κ2) is 7.96. The highest BCUT2D eigenvalue weighted by molar-refractivity contribution is 5.96. The van der Waals surface area contributed by atoms with E-state index in [1.807, 2.05) is 49.4 Å². The van der Waals surface area contributed by atoms with Crippen molar-refractivity contribution in [3.63, 3.8) is 0 Å². The zero-order valence-corrected chi connectivity index (χ0v) is 14.2. The Balaban J connectivity index is 1.43. The molecule has 3 aromatic rings. The lowest BCUT2D eigenvalue weighted by atomic mass is 10.1. The zero-order chi connectivity index (χ0) is 17.6. The van der Waals surface area contributed by atoms with Crippen LogP contribution in [0.5, 0.6) is 0 Å². The van der Waals surface area contributed by atoms with E-state index in [1.54, 1.807) is 6.07 Å². The first-order chi connectivity index (χ1) is 12.1. The molecule has 0 spiro atoms. The molecule has 5 heteroatoms. The van der Waals surface area contributed by atoms with Crippen LogP contribution in [0, 0.1) is 6.92 Å². The second-order valence-corrected chi connectivity index (χ2v) is 6.13. The molecule has 0 saturated carbocycles. The van der Waals surface area contributed by atoms with Crippen molar-refractivity contribution >= 4 is 16.9 Å². The first-order valence-electron chi connectivity index (χ1n) is 8.33. The van der Waals surface area contributed by atoms with Crippen LogP contribution in [0.2, 0.25) is 0 Å². The van der Waals surface area contributed by atoms with Gasteiger partial charge in [-0.2, -0.15) is 0 Å². The summed E-state index contributed by atoms with van der Waals surface area (Å²) in [7, 11) is 0. The summed E-state index contributed by atoms with van der Waals surface area (Å²) < 4.78 is 5.50. The number of fused-ring (bicyclic) bond motifs is 1. The molecule has 0 aliphatic rings. The van der Waals surface area contributed by atoms with Crippen LogP contribution in [0.3, 0.4) is 0 Å². The maximum absolute atomic E-state index is 12.1. The molecule has 0 aliphatic heterocycles. The van der Waals surface area contributed by atoms with E-state index in [9.17, 15) is 9.90 Å². The van der Waals surface area contributed by atoms with Crippen molar-refractivity contribution in [3.05, 3.63) is 71.5 Å². The summed E-state index contributed by atoms with van der Waals surface area (Å²) >= 11 is 0. The van der Waals surface area contributed by atoms with E-state index in [0.717, 1.165) is 5.39 Å². The number of benzene rings is 2. The van der Waals surface area contributed by atoms with Gasteiger partial charge in [-0.15, -0.1) is 0 Å². The molecule has 25 heavy (non-hydrogen) atoms. The van der Waals surface area contributed by atoms with Gasteiger partial charge in [0.1, 0.15) is 5.58 Å². The Morgan fingerprint density at radius 3 is 2.76 bits per heavy atom. The fraction of sp³-hybridized carbons (Fsp3) is 0.250. The van der Waals surface area contributed by atoms with Gasteiger partial charge in [0.25, 0.3) is 5.91 Å². The molecular formula is C20H22N2O3. The summed E-state index contributed by atoms with van der Waals surface area (Å²) in [6, 6.07) is 17.4. The van der Waals surface area contributed by atoms with Crippen molar-refractivity contribution in [2.24, 2.45) is 0 Å². The monoisotopic (exact) mass is 338 g/mol. The van der Waals surface area contributed by atoms with Crippen molar-refractivity contribution in [3.8, 4) is 0 Å². The first-order valence-corrected chi connectivity index (χ1v) is 8.33. The van der Waals surface area contributed by atoms with Crippen molar-refractivity contribution in [2.75, 3.05) is 13.1 Å². The Hall–Kier alpha value is -2.63. The van der Waals surface area contributed by atoms with E-state index >= 15 is 0 Å². The van der Waals surface area contributed by atoms with Crippen LogP contribution in [0.25, 0.3) is 11.0 Å². The lowest BCUT2D eigenvalue weighted by Gasteiger charge is -2.12. The average Bonchev–Trinajstić information content (AvgIpc) is 3.04. The highest BCUT2D eigenvalue weighted by Gasteiger charge is 2.13. The van der Waals surface area contributed by atoms with Gasteiger partial charge < -0.3 is 20.2 Å². The van der Waals surface area contributed by atoms with Crippen LogP contribution in [-0.4, -0.2) is 30.2 Å². The van der Waals surface area contributed by atoms with Crippen molar-refractivity contribution in [1.29, 1.82) is 0 Å². The third-order valence-corrected chi connectivity index (χ3v) is 3.94. The molecule has 0 saturated heterocycles. The molecule has 2 aromatic carbocycles. The largest absolute Gasteiger partial charge is 0.451 e. The van der Waals surface area contributed by atoms with Crippen LogP contribution >= 0.6 is 0 Å². The van der Waals surface area contributed by atoms with Crippen LogP contribution in [0.4, 0.5) is 0 Å². The molecule has 1 aromatic heterocycles. The molecule has 0 bridgehead atoms. The van der Waals surface area contributed by atoms with Crippen molar-refractivity contribution in [1.82, 2.24) is 10.6 Å². The van der Waals surface area contributed by atoms with E-state index in [1.165, 1.54) is 11.1 Å². The number of amides is 1. The highest BCUT2D eigenvalue weighted by atomic mass is 16.3. The number of hydrogen-bond acceptors (Lipinski definition) is 4. The third-order valence-electron chi connectivity index (χ3n) is 3.94. The van der Waals surface area contributed by atoms with Gasteiger partial charge in [-0.1, -0.05) is 48.0 Å². The van der Waals surface area contributed by atoms with Gasteiger partial charge in [0, 0.05) is 25.0 Å². The second-order valence-electron chi connectivity index (χ2n) is 6.13. The van der Waals surface area contributed by atoms with Gasteiger partial charge in [-0.3, -0.25) is 4.79 Å². The number of aryl methyl sites for hydroxylation is 1. The number of aliphatic hydroxyl groups excluding tert-OH is 1. The lowest BCUT2D eigenvalue weighted by molar-refractivity contribution is 0.0890. The van der Waals surface area contributed by atoms with E-state index in [-0.39, 0.29) is 18.2 Å². The van der Waals surface area contributed by atoms with E-state index in [0.29, 0.717) is 18.7 Å². The number of nitrogens with one attached hydrogen (secondary N) is 2. The van der Waals surface area contributed by atoms with Crippen molar-refractivity contribution < 1.29 is 14.3 Å². The third kappa shape index (κ3) is 4.68. The molecule has 1 amide bonds. The van der Waals surface area contributed by atoms with E-state index in [4.69, 9.17) is 4.42 Å². The standard InChI is InChI=1S/C20H22N2O3/c1-14-5-4-6-15(9-14)11-21-12-17(23)13-22-20(24)19-10-16-7-2-3-8-18(16)25-19/h2-10,17,21,23H,11-13H2,1H3,(H,22,24). The van der Waals surface area contributed by atoms with Crippen LogP contribution in [0.15, 0.2) is 59.0 Å². The Morgan fingerprint density at radius 1 is 1.12 bits per heavy atom. The minimum absolute atomic E-state index is 0.163. The number of rotatable bonds is 7. The highest BCUT2D eigenvalue weighted by Crippen LogP contribution is 2.18. The maximum atomic E-state index is 12.1. The van der Waals surface area contributed by atoms with Crippen LogP contribution in [0.1, 0.15) is 21.7 Å². The molecule has 0 radical (unpaired) electrons. The summed E-state index contributed by atoms with van der Waals surface area (Å²) in [6.45, 7) is 3.28. The van der Waals surface area contributed by atoms with Gasteiger partial charge >= 0.3 is 0 Å². The number of carbonyl (C=O) groups excluding carboxylic acids is 1. The van der Waals surface area contributed by atoms with Gasteiger partial charge in [0.05, 0.1) is 6.10 Å². The zero-order valence-electron chi connectivity index (χ0n) is 14.2. The van der Waals surface area contributed by atoms with Gasteiger partial charge in [-0.05, 0) is 24.6 Å². The number of furan rings is 1. The molecule has 130 valence electrons. The van der Waals surface area contributed by atoms with Crippen LogP contribution < -0.4 is 10.6 Å². The Bertz CT molecular complexity index is 824. The van der Waals surface area contributed by atoms with E-state index < -0.39 is 6.10 Å². The number of carbonyl (C=O) groups is 1. The summed E-state index contributed by atoms with van der Waals surface area (Å²) in [5, 5.41) is 16.8. The van der Waals surface area contributed by atoms with Gasteiger partial charge in [-0.25, -0.2) is 0 Å². The predicted octanol–water partition coefficient (Wildman–Crippen LogP) is 2.62. The molecule has 1 unspecified atom stereocenters. The summed E-state index contributed by atoms with van der Waals surface area (Å²) in [4.78, 5) is 12.1. The molecule has 1 heterocycles. The SMILES string of the molecule is Cc1cccc(CNCC(O)CNC(=O)c2cc3ccccc3o2)c1. The Labute approximate surface area is 146 Å². The topological polar surface area (TPSA) is 74.5 Å². The summed E-state index contributed by atoms with van der Waals surface area (Å²) in [5.74, 6) is -0.0740. The predicted molar refractivity (Wildman–Crippen MR) is 97.4 cm³/mol. The summed E-state index contributed by atoms with van der Waals surface area (Å²) in [6.07, 6.45) is -0.668. The lowest BCUT2D eigenvalue weighted by Crippen LogP contribution is -2.37. The molecular weight excluding hydrogens is 316 g/mol. The maximum Gasteiger partial charge on any atom is 0.287 e. The van der Waals surface area contributed by atoms with Crippen molar-refractivity contribution in [2.45, 2.75) is 19.6 Å². The smallest absolute Gasteiger partial charge is 0.287 e. The average molecular weight is 338 g/mol. The molecule has 0 fully saturated rings. The normalized spacial score (nSPS) is 12.2. The molecule has 1 atom stereocenters. The minimum Gasteiger partial charge on any atom is -0.451 e. The van der Waals surface area contributed by atoms with E-state index in [2.05, 4.69) is 16.7 Å². The molecule has 3 N–H and O–H groups in total. The quantitative estimate of drug-likeness (QED) is 0.619. The molecule has 5 nitrogen and oxygen atoms in total. The van der Waals surface area contributed by atoms with Crippen LogP contribution in [-0.2, 0) is 6.54 Å². The Morgan fingerprint density at radius 2 is 1.96 bits per heavy atom. The van der Waals surface area contributed by atoms with Gasteiger partial charge in [0.15, 0.2) is 5.76 Å². The number of para-hydroxylation sites is 1. The summed E-state index contributed by atoms with van der Waals surface area (Å²) in [5.41, 5.74) is 3.05. The number of aliphatic hydroxyl groups is 1. The molecule has 3 rings (SSSR count). The number of hydrogen-bond donors (Lipinski definition) is 3. The Kier molecular flexibility index (Phi) is 5.48. The first kappa shape index (κ1) is 17.2. The fourth-order valence-electron chi connectivity index (χ4n) is 2.67. The minimum atomic E-state index is -0.668.